The van der Waals surface area contributed by atoms with Gasteiger partial charge >= 0.3 is 0 Å². The van der Waals surface area contributed by atoms with Crippen LogP contribution in [0.1, 0.15) is 24.1 Å². The number of hydrogen-bond donors (Lipinski definition) is 2. The van der Waals surface area contributed by atoms with Gasteiger partial charge in [-0.05, 0) is 54.4 Å². The summed E-state index contributed by atoms with van der Waals surface area (Å²) in [6, 6.07) is 24.0. The van der Waals surface area contributed by atoms with Crippen LogP contribution in [0, 0.1) is 0 Å². The van der Waals surface area contributed by atoms with Crippen molar-refractivity contribution < 1.29 is 14.3 Å². The molecule has 0 saturated carbocycles. The highest BCUT2D eigenvalue weighted by Crippen LogP contribution is 2.40. The van der Waals surface area contributed by atoms with Crippen molar-refractivity contribution in [3.63, 3.8) is 0 Å². The number of ether oxygens (including phenoxy) is 2. The molecule has 204 valence electrons. The SMILES string of the molecule is COc1cc(C2C(C(=O)Nc3ccccn3)=C(C)Nc3nc(-c4cccnc4)nn32)ccc1OCc1ccccc1. The van der Waals surface area contributed by atoms with Crippen LogP contribution in [-0.4, -0.2) is 37.7 Å². The monoisotopic (exact) mass is 545 g/mol. The second kappa shape index (κ2) is 11.3. The van der Waals surface area contributed by atoms with Gasteiger partial charge in [-0.25, -0.2) is 9.67 Å². The zero-order chi connectivity index (χ0) is 28.2. The zero-order valence-corrected chi connectivity index (χ0v) is 22.5. The van der Waals surface area contributed by atoms with Crippen LogP contribution in [-0.2, 0) is 11.4 Å². The standard InChI is InChI=1S/C31H27N7O3/c1-20-27(30(39)35-26-12-6-7-16-33-26)28(38-31(34-20)36-29(37-38)23-11-8-15-32-18-23)22-13-14-24(25(17-22)40-2)41-19-21-9-4-3-5-10-21/h3-18,28H,19H2,1-2H3,(H,33,35,39)(H,34,36,37). The van der Waals surface area contributed by atoms with Crippen LogP contribution < -0.4 is 20.1 Å². The van der Waals surface area contributed by atoms with E-state index in [2.05, 4.69) is 20.6 Å². The molecular weight excluding hydrogens is 518 g/mol. The molecule has 10 heteroatoms. The van der Waals surface area contributed by atoms with E-state index in [1.54, 1.807) is 42.5 Å². The van der Waals surface area contributed by atoms with Gasteiger partial charge in [0.25, 0.3) is 5.91 Å². The molecule has 0 spiro atoms. The van der Waals surface area contributed by atoms with E-state index in [4.69, 9.17) is 19.6 Å². The number of nitrogens with zero attached hydrogens (tertiary/aromatic N) is 5. The normalized spacial score (nSPS) is 14.1. The van der Waals surface area contributed by atoms with Crippen molar-refractivity contribution in [2.24, 2.45) is 0 Å². The first-order valence-electron chi connectivity index (χ1n) is 13.0. The number of nitrogens with one attached hydrogen (secondary N) is 2. The van der Waals surface area contributed by atoms with Gasteiger partial charge < -0.3 is 20.1 Å². The Labute approximate surface area is 236 Å². The van der Waals surface area contributed by atoms with E-state index in [1.807, 2.05) is 73.7 Å². The lowest BCUT2D eigenvalue weighted by Crippen LogP contribution is -2.31. The molecule has 1 aliphatic heterocycles. The average molecular weight is 546 g/mol. The molecule has 4 heterocycles. The molecule has 1 aliphatic rings. The van der Waals surface area contributed by atoms with Gasteiger partial charge in [-0.15, -0.1) is 5.10 Å². The van der Waals surface area contributed by atoms with E-state index >= 15 is 0 Å². The van der Waals surface area contributed by atoms with Gasteiger partial charge in [-0.3, -0.25) is 9.78 Å². The Kier molecular flexibility index (Phi) is 7.10. The molecule has 41 heavy (non-hydrogen) atoms. The predicted octanol–water partition coefficient (Wildman–Crippen LogP) is 5.25. The Balaban J connectivity index is 1.40. The number of allylic oxidation sites excluding steroid dienone is 1. The molecule has 2 aromatic carbocycles. The Morgan fingerprint density at radius 3 is 2.61 bits per heavy atom. The summed E-state index contributed by atoms with van der Waals surface area (Å²) >= 11 is 0. The first-order chi connectivity index (χ1) is 20.1. The summed E-state index contributed by atoms with van der Waals surface area (Å²) in [6.45, 7) is 2.24. The summed E-state index contributed by atoms with van der Waals surface area (Å²) < 4.78 is 13.5. The molecule has 1 atom stereocenters. The molecule has 1 unspecified atom stereocenters. The maximum absolute atomic E-state index is 13.8. The van der Waals surface area contributed by atoms with E-state index in [9.17, 15) is 4.79 Å². The highest BCUT2D eigenvalue weighted by Gasteiger charge is 2.35. The predicted molar refractivity (Wildman–Crippen MR) is 154 cm³/mol. The van der Waals surface area contributed by atoms with Crippen molar-refractivity contribution >= 4 is 17.7 Å². The third-order valence-electron chi connectivity index (χ3n) is 6.66. The van der Waals surface area contributed by atoms with Gasteiger partial charge in [0.15, 0.2) is 17.3 Å². The number of carbonyl (C=O) groups excluding carboxylic acids is 1. The number of anilines is 2. The maximum Gasteiger partial charge on any atom is 0.257 e. The lowest BCUT2D eigenvalue weighted by molar-refractivity contribution is -0.113. The number of fused-ring (bicyclic) bond motifs is 1. The Bertz CT molecular complexity index is 1700. The number of methoxy groups -OCH3 is 1. The van der Waals surface area contributed by atoms with Crippen LogP contribution in [0.3, 0.4) is 0 Å². The molecule has 0 bridgehead atoms. The lowest BCUT2D eigenvalue weighted by Gasteiger charge is -2.29. The second-order valence-electron chi connectivity index (χ2n) is 9.37. The van der Waals surface area contributed by atoms with E-state index < -0.39 is 6.04 Å². The second-order valence-corrected chi connectivity index (χ2v) is 9.37. The van der Waals surface area contributed by atoms with Crippen LogP contribution in [0.4, 0.5) is 11.8 Å². The zero-order valence-electron chi connectivity index (χ0n) is 22.5. The fraction of sp³-hybridized carbons (Fsp3) is 0.129. The quantitative estimate of drug-likeness (QED) is 0.272. The molecule has 5 aromatic rings. The minimum atomic E-state index is -0.620. The van der Waals surface area contributed by atoms with Gasteiger partial charge in [0.2, 0.25) is 5.95 Å². The number of hydrogen-bond acceptors (Lipinski definition) is 8. The van der Waals surface area contributed by atoms with Crippen molar-refractivity contribution in [2.45, 2.75) is 19.6 Å². The van der Waals surface area contributed by atoms with Gasteiger partial charge in [0.05, 0.1) is 12.7 Å². The minimum absolute atomic E-state index is 0.314. The van der Waals surface area contributed by atoms with E-state index in [1.165, 1.54) is 0 Å². The van der Waals surface area contributed by atoms with Gasteiger partial charge in [0.1, 0.15) is 18.5 Å². The summed E-state index contributed by atoms with van der Waals surface area (Å²) in [6.07, 6.45) is 5.02. The van der Waals surface area contributed by atoms with E-state index in [0.717, 1.165) is 16.7 Å². The Morgan fingerprint density at radius 1 is 1.00 bits per heavy atom. The minimum Gasteiger partial charge on any atom is -0.493 e. The van der Waals surface area contributed by atoms with E-state index in [0.29, 0.717) is 47.0 Å². The first-order valence-corrected chi connectivity index (χ1v) is 13.0. The first kappa shape index (κ1) is 25.8. The van der Waals surface area contributed by atoms with Crippen LogP contribution in [0.15, 0.2) is 109 Å². The Morgan fingerprint density at radius 2 is 1.85 bits per heavy atom. The van der Waals surface area contributed by atoms with Crippen molar-refractivity contribution in [2.75, 3.05) is 17.7 Å². The van der Waals surface area contributed by atoms with Crippen molar-refractivity contribution in [3.05, 3.63) is 120 Å². The lowest BCUT2D eigenvalue weighted by atomic mass is 9.94. The molecule has 0 aliphatic carbocycles. The molecule has 10 nitrogen and oxygen atoms in total. The van der Waals surface area contributed by atoms with Gasteiger partial charge in [0, 0.05) is 29.9 Å². The fourth-order valence-corrected chi connectivity index (χ4v) is 4.70. The van der Waals surface area contributed by atoms with Crippen LogP contribution in [0.2, 0.25) is 0 Å². The number of pyridine rings is 2. The number of aromatic nitrogens is 5. The molecule has 3 aromatic heterocycles. The number of benzene rings is 2. The summed E-state index contributed by atoms with van der Waals surface area (Å²) in [4.78, 5) is 26.9. The molecule has 0 radical (unpaired) electrons. The third-order valence-corrected chi connectivity index (χ3v) is 6.66. The number of carbonyl (C=O) groups is 1. The smallest absolute Gasteiger partial charge is 0.257 e. The van der Waals surface area contributed by atoms with Gasteiger partial charge in [-0.2, -0.15) is 4.98 Å². The van der Waals surface area contributed by atoms with E-state index in [-0.39, 0.29) is 5.91 Å². The maximum atomic E-state index is 13.8. The van der Waals surface area contributed by atoms with Gasteiger partial charge in [-0.1, -0.05) is 42.5 Å². The summed E-state index contributed by atoms with van der Waals surface area (Å²) in [5.74, 6) is 2.24. The van der Waals surface area contributed by atoms with Crippen LogP contribution in [0.5, 0.6) is 11.5 Å². The summed E-state index contributed by atoms with van der Waals surface area (Å²) in [5, 5.41) is 11.0. The largest absolute Gasteiger partial charge is 0.493 e. The summed E-state index contributed by atoms with van der Waals surface area (Å²) in [5.41, 5.74) is 3.67. The highest BCUT2D eigenvalue weighted by molar-refractivity contribution is 6.05. The Hall–Kier alpha value is -5.51. The molecule has 0 saturated heterocycles. The van der Waals surface area contributed by atoms with Crippen molar-refractivity contribution in [3.8, 4) is 22.9 Å². The topological polar surface area (TPSA) is 116 Å². The molecule has 6 rings (SSSR count). The summed E-state index contributed by atoms with van der Waals surface area (Å²) in [7, 11) is 1.59. The van der Waals surface area contributed by atoms with Crippen molar-refractivity contribution in [1.82, 2.24) is 24.7 Å². The molecule has 0 fully saturated rings. The van der Waals surface area contributed by atoms with Crippen LogP contribution in [0.25, 0.3) is 11.4 Å². The molecular formula is C31H27N7O3. The third kappa shape index (κ3) is 5.35. The highest BCUT2D eigenvalue weighted by atomic mass is 16.5. The number of amides is 1. The van der Waals surface area contributed by atoms with Crippen LogP contribution >= 0.6 is 0 Å². The van der Waals surface area contributed by atoms with Crippen molar-refractivity contribution in [1.29, 1.82) is 0 Å². The molecule has 1 amide bonds. The fourth-order valence-electron chi connectivity index (χ4n) is 4.70. The average Bonchev–Trinajstić information content (AvgIpc) is 3.44. The number of rotatable bonds is 8. The molecule has 2 N–H and O–H groups in total.